The number of nitrogens with zero attached hydrogens (tertiary/aromatic N) is 2. The minimum Gasteiger partial charge on any atom is -0.374 e. The van der Waals surface area contributed by atoms with E-state index >= 15 is 0 Å². The monoisotopic (exact) mass is 264 g/mol. The molecule has 1 aromatic rings. The van der Waals surface area contributed by atoms with E-state index in [1.807, 2.05) is 20.8 Å². The Hall–Kier alpha value is -1.00. The Morgan fingerprint density at radius 3 is 2.32 bits per heavy atom. The fourth-order valence-electron chi connectivity index (χ4n) is 2.81. The lowest BCUT2D eigenvalue weighted by Crippen LogP contribution is -2.49. The van der Waals surface area contributed by atoms with Crippen LogP contribution < -0.4 is 0 Å². The second-order valence-electron chi connectivity index (χ2n) is 5.53. The van der Waals surface area contributed by atoms with E-state index in [4.69, 9.17) is 9.47 Å². The van der Waals surface area contributed by atoms with Crippen LogP contribution in [0.3, 0.4) is 0 Å². The van der Waals surface area contributed by atoms with E-state index in [1.165, 1.54) is 5.56 Å². The van der Waals surface area contributed by atoms with Crippen molar-refractivity contribution in [1.29, 1.82) is 0 Å². The fourth-order valence-corrected chi connectivity index (χ4v) is 2.81. The minimum atomic E-state index is -0.317. The molecule has 1 unspecified atom stereocenters. The largest absolute Gasteiger partial charge is 0.374 e. The van der Waals surface area contributed by atoms with Gasteiger partial charge >= 0.3 is 0 Å². The van der Waals surface area contributed by atoms with Crippen molar-refractivity contribution >= 4 is 0 Å². The van der Waals surface area contributed by atoms with Crippen LogP contribution in [0.2, 0.25) is 0 Å². The molecule has 0 radical (unpaired) electrons. The lowest BCUT2D eigenvalue weighted by Gasteiger charge is -2.40. The average Bonchev–Trinajstić information content (AvgIpc) is 2.64. The highest BCUT2D eigenvalue weighted by molar-refractivity contribution is 5.40. The van der Waals surface area contributed by atoms with E-state index in [-0.39, 0.29) is 11.2 Å². The van der Waals surface area contributed by atoms with Crippen molar-refractivity contribution in [3.63, 3.8) is 0 Å². The second-order valence-corrected chi connectivity index (χ2v) is 5.53. The van der Waals surface area contributed by atoms with Gasteiger partial charge in [0.2, 0.25) is 0 Å². The van der Waals surface area contributed by atoms with Gasteiger partial charge in [-0.1, -0.05) is 27.7 Å². The first-order valence-electron chi connectivity index (χ1n) is 7.10. The summed E-state index contributed by atoms with van der Waals surface area (Å²) in [5, 5.41) is 0. The molecule has 0 N–H and O–H groups in total. The molecule has 0 aliphatic carbocycles. The van der Waals surface area contributed by atoms with Crippen LogP contribution in [0.4, 0.5) is 0 Å². The van der Waals surface area contributed by atoms with Crippen LogP contribution in [-0.2, 0) is 20.7 Å². The maximum absolute atomic E-state index is 6.36. The summed E-state index contributed by atoms with van der Waals surface area (Å²) < 4.78 is 11.7. The smallest absolute Gasteiger partial charge is 0.158 e. The van der Waals surface area contributed by atoms with E-state index in [0.29, 0.717) is 19.1 Å². The van der Waals surface area contributed by atoms with Gasteiger partial charge in [0.15, 0.2) is 5.60 Å². The number of fused-ring (bicyclic) bond motifs is 2. The van der Waals surface area contributed by atoms with Crippen molar-refractivity contribution < 1.29 is 9.47 Å². The van der Waals surface area contributed by atoms with Gasteiger partial charge in [-0.25, -0.2) is 9.97 Å². The summed E-state index contributed by atoms with van der Waals surface area (Å²) in [4.78, 5) is 8.78. The lowest BCUT2D eigenvalue weighted by molar-refractivity contribution is -0.261. The molecule has 1 atom stereocenters. The SMILES string of the molecule is CC.Cc1ncnc2c1C(C)(C(C)C)OC21COC1. The maximum Gasteiger partial charge on any atom is 0.158 e. The van der Waals surface area contributed by atoms with Crippen molar-refractivity contribution in [3.8, 4) is 0 Å². The molecule has 4 nitrogen and oxygen atoms in total. The molecule has 2 aliphatic heterocycles. The highest BCUT2D eigenvalue weighted by atomic mass is 16.6. The first kappa shape index (κ1) is 14.4. The molecule has 0 saturated carbocycles. The third kappa shape index (κ3) is 1.89. The molecule has 106 valence electrons. The van der Waals surface area contributed by atoms with Gasteiger partial charge < -0.3 is 9.47 Å². The van der Waals surface area contributed by atoms with Crippen LogP contribution >= 0.6 is 0 Å². The summed E-state index contributed by atoms with van der Waals surface area (Å²) in [6.45, 7) is 13.7. The van der Waals surface area contributed by atoms with Crippen LogP contribution in [0.1, 0.15) is 51.6 Å². The van der Waals surface area contributed by atoms with Crippen LogP contribution in [0, 0.1) is 12.8 Å². The Morgan fingerprint density at radius 2 is 1.84 bits per heavy atom. The number of rotatable bonds is 1. The van der Waals surface area contributed by atoms with E-state index in [1.54, 1.807) is 6.33 Å². The summed E-state index contributed by atoms with van der Waals surface area (Å²) in [5.74, 6) is 0.380. The standard InChI is InChI=1S/C13H18N2O2.C2H6/c1-8(2)12(4)10-9(3)14-7-15-11(10)13(17-12)5-16-6-13;1-2/h7-8H,5-6H2,1-4H3;1-2H3. The molecule has 0 bridgehead atoms. The van der Waals surface area contributed by atoms with E-state index < -0.39 is 0 Å². The fraction of sp³-hybridized carbons (Fsp3) is 0.733. The Bertz CT molecular complexity index is 469. The molecule has 1 spiro atoms. The van der Waals surface area contributed by atoms with Gasteiger partial charge in [0.1, 0.15) is 6.33 Å². The van der Waals surface area contributed by atoms with Crippen LogP contribution in [-0.4, -0.2) is 23.2 Å². The maximum atomic E-state index is 6.36. The molecule has 0 aromatic carbocycles. The number of aromatic nitrogens is 2. The van der Waals surface area contributed by atoms with Gasteiger partial charge in [-0.3, -0.25) is 0 Å². The van der Waals surface area contributed by atoms with Gasteiger partial charge in [-0.2, -0.15) is 0 Å². The van der Waals surface area contributed by atoms with Gasteiger partial charge in [-0.05, 0) is 19.8 Å². The van der Waals surface area contributed by atoms with Crippen LogP contribution in [0.5, 0.6) is 0 Å². The molecular weight excluding hydrogens is 240 g/mol. The Morgan fingerprint density at radius 1 is 1.21 bits per heavy atom. The predicted molar refractivity (Wildman–Crippen MR) is 73.9 cm³/mol. The van der Waals surface area contributed by atoms with E-state index in [2.05, 4.69) is 30.7 Å². The Labute approximate surface area is 115 Å². The average molecular weight is 264 g/mol. The molecule has 1 aromatic heterocycles. The summed E-state index contributed by atoms with van der Waals surface area (Å²) in [6.07, 6.45) is 1.63. The summed E-state index contributed by atoms with van der Waals surface area (Å²) in [6, 6.07) is 0. The highest BCUT2D eigenvalue weighted by Crippen LogP contribution is 2.53. The number of ether oxygens (including phenoxy) is 2. The zero-order valence-electron chi connectivity index (χ0n) is 12.8. The lowest BCUT2D eigenvalue weighted by atomic mass is 9.83. The molecule has 2 aliphatic rings. The second kappa shape index (κ2) is 4.84. The quantitative estimate of drug-likeness (QED) is 0.782. The third-order valence-electron chi connectivity index (χ3n) is 4.14. The number of hydrogen-bond donors (Lipinski definition) is 0. The minimum absolute atomic E-state index is 0.301. The molecule has 3 rings (SSSR count). The number of aryl methyl sites for hydroxylation is 1. The summed E-state index contributed by atoms with van der Waals surface area (Å²) >= 11 is 0. The topological polar surface area (TPSA) is 44.2 Å². The van der Waals surface area contributed by atoms with Crippen LogP contribution in [0.25, 0.3) is 0 Å². The molecule has 19 heavy (non-hydrogen) atoms. The Balaban J connectivity index is 0.000000637. The van der Waals surface area contributed by atoms with Crippen molar-refractivity contribution in [2.45, 2.75) is 52.7 Å². The Kier molecular flexibility index (Phi) is 3.67. The van der Waals surface area contributed by atoms with Gasteiger partial charge in [0.25, 0.3) is 0 Å². The van der Waals surface area contributed by atoms with Crippen molar-refractivity contribution in [3.05, 3.63) is 23.3 Å². The van der Waals surface area contributed by atoms with Crippen LogP contribution in [0.15, 0.2) is 6.33 Å². The molecule has 3 heterocycles. The zero-order valence-corrected chi connectivity index (χ0v) is 12.8. The molecule has 4 heteroatoms. The van der Waals surface area contributed by atoms with Crippen molar-refractivity contribution in [2.75, 3.05) is 13.2 Å². The first-order valence-corrected chi connectivity index (χ1v) is 7.10. The molecular formula is C15H24N2O2. The summed E-state index contributed by atoms with van der Waals surface area (Å²) in [5.41, 5.74) is 2.60. The number of hydrogen-bond acceptors (Lipinski definition) is 4. The van der Waals surface area contributed by atoms with Gasteiger partial charge in [0, 0.05) is 11.3 Å². The van der Waals surface area contributed by atoms with Crippen molar-refractivity contribution in [1.82, 2.24) is 9.97 Å². The highest BCUT2D eigenvalue weighted by Gasteiger charge is 2.58. The molecule has 1 fully saturated rings. The first-order chi connectivity index (χ1) is 9.00. The van der Waals surface area contributed by atoms with Gasteiger partial charge in [-0.15, -0.1) is 0 Å². The van der Waals surface area contributed by atoms with Crippen molar-refractivity contribution in [2.24, 2.45) is 5.92 Å². The summed E-state index contributed by atoms with van der Waals surface area (Å²) in [7, 11) is 0. The molecule has 1 saturated heterocycles. The van der Waals surface area contributed by atoms with E-state index in [9.17, 15) is 0 Å². The third-order valence-corrected chi connectivity index (χ3v) is 4.14. The molecule has 0 amide bonds. The van der Waals surface area contributed by atoms with Gasteiger partial charge in [0.05, 0.1) is 24.5 Å². The normalized spacial score (nSPS) is 26.7. The predicted octanol–water partition coefficient (Wildman–Crippen LogP) is 2.94. The van der Waals surface area contributed by atoms with E-state index in [0.717, 1.165) is 11.4 Å². The zero-order chi connectivity index (χ0) is 14.3.